The monoisotopic (exact) mass is 409 g/mol. The minimum atomic E-state index is -3.73. The van der Waals surface area contributed by atoms with E-state index >= 15 is 0 Å². The fourth-order valence-corrected chi connectivity index (χ4v) is 6.88. The van der Waals surface area contributed by atoms with Crippen LogP contribution in [0.2, 0.25) is 0 Å². The smallest absolute Gasteiger partial charge is 0.337 e. The van der Waals surface area contributed by atoms with Gasteiger partial charge in [-0.15, -0.1) is 11.8 Å². The predicted octanol–water partition coefficient (Wildman–Crippen LogP) is 4.07. The minimum absolute atomic E-state index is 0.0628. The molecule has 1 fully saturated rings. The molecule has 7 heteroatoms. The zero-order chi connectivity index (χ0) is 19.4. The third-order valence-electron chi connectivity index (χ3n) is 5.25. The van der Waals surface area contributed by atoms with Gasteiger partial charge in [-0.25, -0.2) is 13.2 Å². The molecule has 0 saturated heterocycles. The molecule has 0 aromatic heterocycles. The summed E-state index contributed by atoms with van der Waals surface area (Å²) in [6, 6.07) is 8.25. The summed E-state index contributed by atoms with van der Waals surface area (Å²) >= 11 is 1.49. The van der Waals surface area contributed by atoms with Gasteiger partial charge >= 0.3 is 5.97 Å². The quantitative estimate of drug-likeness (QED) is 0.687. The Morgan fingerprint density at radius 3 is 2.63 bits per heavy atom. The van der Waals surface area contributed by atoms with Gasteiger partial charge in [-0.2, -0.15) is 0 Å². The number of nitrogens with one attached hydrogen (secondary N) is 1. The van der Waals surface area contributed by atoms with Gasteiger partial charge in [0.2, 0.25) is 0 Å². The Bertz CT molecular complexity index is 805. The van der Waals surface area contributed by atoms with E-state index in [0.29, 0.717) is 16.5 Å². The summed E-state index contributed by atoms with van der Waals surface area (Å²) in [6.07, 6.45) is 5.34. The number of esters is 1. The van der Waals surface area contributed by atoms with Gasteiger partial charge < -0.3 is 4.74 Å². The van der Waals surface area contributed by atoms with Crippen LogP contribution in [-0.2, 0) is 19.6 Å². The normalized spacial score (nSPS) is 25.2. The molecule has 0 bridgehead atoms. The van der Waals surface area contributed by atoms with E-state index < -0.39 is 10.0 Å². The molecule has 3 rings (SSSR count). The maximum absolute atomic E-state index is 12.8. The molecule has 1 aromatic rings. The Hall–Kier alpha value is -1.47. The third kappa shape index (κ3) is 4.51. The van der Waals surface area contributed by atoms with E-state index in [4.69, 9.17) is 4.74 Å². The average molecular weight is 410 g/mol. The molecule has 1 aliphatic heterocycles. The standard InChI is InChI=1S/C20H27NO4S2/c1-3-8-14-11-12-17-16(13-14)18(20(22)25-4-2)19(26-17)21-27(23,24)15-9-6-5-7-10-15/h5-7,9-10,14,16-17,21H,3-4,8,11-13H2,1-2H3. The lowest BCUT2D eigenvalue weighted by atomic mass is 9.76. The van der Waals surface area contributed by atoms with Crippen LogP contribution in [0, 0.1) is 11.8 Å². The lowest BCUT2D eigenvalue weighted by Crippen LogP contribution is -2.29. The van der Waals surface area contributed by atoms with Crippen molar-refractivity contribution in [1.82, 2.24) is 4.72 Å². The van der Waals surface area contributed by atoms with Gasteiger partial charge in [0.1, 0.15) is 0 Å². The van der Waals surface area contributed by atoms with Crippen LogP contribution in [0.15, 0.2) is 45.8 Å². The largest absolute Gasteiger partial charge is 0.463 e. The van der Waals surface area contributed by atoms with Crippen molar-refractivity contribution >= 4 is 27.8 Å². The number of hydrogen-bond acceptors (Lipinski definition) is 5. The number of ether oxygens (including phenoxy) is 1. The summed E-state index contributed by atoms with van der Waals surface area (Å²) < 4.78 is 33.5. The fraction of sp³-hybridized carbons (Fsp3) is 0.550. The van der Waals surface area contributed by atoms with E-state index in [-0.39, 0.29) is 28.6 Å². The third-order valence-corrected chi connectivity index (χ3v) is 8.17. The maximum Gasteiger partial charge on any atom is 0.337 e. The second kappa shape index (κ2) is 8.69. The number of fused-ring (bicyclic) bond motifs is 1. The second-order valence-corrected chi connectivity index (χ2v) is 10.0. The van der Waals surface area contributed by atoms with E-state index in [0.717, 1.165) is 32.1 Å². The fourth-order valence-electron chi connectivity index (χ4n) is 4.04. The number of thioether (sulfide) groups is 1. The second-order valence-electron chi connectivity index (χ2n) is 7.11. The summed E-state index contributed by atoms with van der Waals surface area (Å²) in [5.41, 5.74) is 0.521. The number of sulfonamides is 1. The molecule has 0 amide bonds. The zero-order valence-corrected chi connectivity index (χ0v) is 17.4. The Morgan fingerprint density at radius 1 is 1.22 bits per heavy atom. The molecule has 148 valence electrons. The van der Waals surface area contributed by atoms with E-state index in [2.05, 4.69) is 11.6 Å². The molecule has 3 unspecified atom stereocenters. The van der Waals surface area contributed by atoms with Crippen LogP contribution in [-0.4, -0.2) is 26.2 Å². The van der Waals surface area contributed by atoms with Gasteiger partial charge in [0.25, 0.3) is 10.0 Å². The molecule has 27 heavy (non-hydrogen) atoms. The molecule has 1 heterocycles. The predicted molar refractivity (Wildman–Crippen MR) is 108 cm³/mol. The highest BCUT2D eigenvalue weighted by Gasteiger charge is 2.44. The summed E-state index contributed by atoms with van der Waals surface area (Å²) in [5, 5.41) is 0.690. The van der Waals surface area contributed by atoms with Crippen molar-refractivity contribution in [2.45, 2.75) is 56.1 Å². The number of benzene rings is 1. The SMILES string of the molecule is CCCC1CCC2SC(NS(=O)(=O)c3ccccc3)=C(C(=O)OCC)C2C1. The molecule has 1 aromatic carbocycles. The van der Waals surface area contributed by atoms with E-state index in [1.165, 1.54) is 11.8 Å². The van der Waals surface area contributed by atoms with E-state index in [1.54, 1.807) is 37.3 Å². The molecule has 1 aliphatic carbocycles. The first-order valence-corrected chi connectivity index (χ1v) is 12.0. The van der Waals surface area contributed by atoms with Crippen molar-refractivity contribution in [2.75, 3.05) is 6.61 Å². The molecule has 2 aliphatic rings. The topological polar surface area (TPSA) is 72.5 Å². The summed E-state index contributed by atoms with van der Waals surface area (Å²) in [7, 11) is -3.73. The van der Waals surface area contributed by atoms with Crippen LogP contribution in [0.25, 0.3) is 0 Å². The zero-order valence-electron chi connectivity index (χ0n) is 15.8. The van der Waals surface area contributed by atoms with Gasteiger partial charge in [-0.05, 0) is 44.2 Å². The van der Waals surface area contributed by atoms with Crippen molar-refractivity contribution in [3.05, 3.63) is 40.9 Å². The van der Waals surface area contributed by atoms with Crippen LogP contribution in [0.1, 0.15) is 46.0 Å². The van der Waals surface area contributed by atoms with Crippen LogP contribution < -0.4 is 4.72 Å². The van der Waals surface area contributed by atoms with E-state index in [1.807, 2.05) is 0 Å². The average Bonchev–Trinajstić information content (AvgIpc) is 2.99. The van der Waals surface area contributed by atoms with Crippen molar-refractivity contribution in [3.8, 4) is 0 Å². The first kappa shape index (κ1) is 20.3. The van der Waals surface area contributed by atoms with Gasteiger partial charge in [0, 0.05) is 11.2 Å². The number of carbonyl (C=O) groups excluding carboxylic acids is 1. The Kier molecular flexibility index (Phi) is 6.52. The van der Waals surface area contributed by atoms with Gasteiger partial charge in [-0.1, -0.05) is 38.0 Å². The van der Waals surface area contributed by atoms with Crippen LogP contribution in [0.4, 0.5) is 0 Å². The molecule has 5 nitrogen and oxygen atoms in total. The molecule has 1 N–H and O–H groups in total. The molecule has 3 atom stereocenters. The summed E-state index contributed by atoms with van der Waals surface area (Å²) in [6.45, 7) is 4.23. The van der Waals surface area contributed by atoms with E-state index in [9.17, 15) is 13.2 Å². The van der Waals surface area contributed by atoms with Crippen molar-refractivity contribution in [1.29, 1.82) is 0 Å². The number of hydrogen-bond donors (Lipinski definition) is 1. The highest BCUT2D eigenvalue weighted by molar-refractivity contribution is 8.04. The highest BCUT2D eigenvalue weighted by Crippen LogP contribution is 2.50. The van der Waals surface area contributed by atoms with Gasteiger partial charge in [0.15, 0.2) is 0 Å². The molecule has 0 spiro atoms. The summed E-state index contributed by atoms with van der Waals surface area (Å²) in [5.74, 6) is 0.264. The Balaban J connectivity index is 1.91. The molecule has 1 saturated carbocycles. The first-order chi connectivity index (χ1) is 13.0. The highest BCUT2D eigenvalue weighted by atomic mass is 32.2. The van der Waals surface area contributed by atoms with Gasteiger partial charge in [0.05, 0.1) is 22.1 Å². The molecular weight excluding hydrogens is 382 g/mol. The number of rotatable bonds is 7. The lowest BCUT2D eigenvalue weighted by Gasteiger charge is -2.32. The van der Waals surface area contributed by atoms with Crippen molar-refractivity contribution in [2.24, 2.45) is 11.8 Å². The first-order valence-electron chi connectivity index (χ1n) is 9.62. The van der Waals surface area contributed by atoms with Crippen molar-refractivity contribution in [3.63, 3.8) is 0 Å². The number of carbonyl (C=O) groups is 1. The lowest BCUT2D eigenvalue weighted by molar-refractivity contribution is -0.139. The Morgan fingerprint density at radius 2 is 1.96 bits per heavy atom. The Labute approximate surface area is 166 Å². The van der Waals surface area contributed by atoms with Crippen molar-refractivity contribution < 1.29 is 17.9 Å². The van der Waals surface area contributed by atoms with Crippen LogP contribution in [0.3, 0.4) is 0 Å². The summed E-state index contributed by atoms with van der Waals surface area (Å²) in [4.78, 5) is 12.9. The maximum atomic E-state index is 12.8. The van der Waals surface area contributed by atoms with Crippen LogP contribution >= 0.6 is 11.8 Å². The molecule has 0 radical (unpaired) electrons. The minimum Gasteiger partial charge on any atom is -0.463 e. The molecular formula is C20H27NO4S2. The van der Waals surface area contributed by atoms with Crippen LogP contribution in [0.5, 0.6) is 0 Å². The van der Waals surface area contributed by atoms with Gasteiger partial charge in [-0.3, -0.25) is 4.72 Å².